The number of rotatable bonds is 3. The molecule has 1 rings (SSSR count). The zero-order valence-corrected chi connectivity index (χ0v) is 9.16. The number of anilines is 1. The summed E-state index contributed by atoms with van der Waals surface area (Å²) in [4.78, 5) is 10.6. The standard InChI is InChI=1S/C12H7N5O/c13-5-9(6-14)11(7-15)10-3-1-2-4-12(10)17(16)8-18/h1-4,8H,16H2. The molecule has 1 aromatic carbocycles. The Morgan fingerprint density at radius 2 is 1.78 bits per heavy atom. The summed E-state index contributed by atoms with van der Waals surface area (Å²) in [6, 6.07) is 11.3. The van der Waals surface area contributed by atoms with Crippen LogP contribution in [0, 0.1) is 34.0 Å². The van der Waals surface area contributed by atoms with E-state index in [2.05, 4.69) is 0 Å². The molecule has 0 aliphatic heterocycles. The maximum Gasteiger partial charge on any atom is 0.228 e. The molecule has 0 atom stereocenters. The second-order valence-corrected chi connectivity index (χ2v) is 3.12. The lowest BCUT2D eigenvalue weighted by Crippen LogP contribution is -2.29. The van der Waals surface area contributed by atoms with Crippen molar-refractivity contribution in [1.29, 1.82) is 15.8 Å². The molecular formula is C12H7N5O. The lowest BCUT2D eigenvalue weighted by atomic mass is 10.0. The Hall–Kier alpha value is -3.14. The van der Waals surface area contributed by atoms with Crippen LogP contribution in [0.2, 0.25) is 0 Å². The van der Waals surface area contributed by atoms with Crippen molar-refractivity contribution in [3.05, 3.63) is 35.4 Å². The average molecular weight is 237 g/mol. The molecule has 0 radical (unpaired) electrons. The van der Waals surface area contributed by atoms with E-state index in [4.69, 9.17) is 21.6 Å². The smallest absolute Gasteiger partial charge is 0.228 e. The molecule has 0 unspecified atom stereocenters. The van der Waals surface area contributed by atoms with E-state index < -0.39 is 0 Å². The molecule has 0 saturated heterocycles. The number of nitrogens with zero attached hydrogens (tertiary/aromatic N) is 4. The Balaban J connectivity index is 3.58. The number of carbonyl (C=O) groups excluding carboxylic acids is 1. The highest BCUT2D eigenvalue weighted by atomic mass is 16.1. The molecule has 0 aliphatic carbocycles. The highest BCUT2D eigenvalue weighted by molar-refractivity contribution is 5.92. The Morgan fingerprint density at radius 3 is 2.28 bits per heavy atom. The number of benzene rings is 1. The molecule has 0 spiro atoms. The molecular weight excluding hydrogens is 230 g/mol. The van der Waals surface area contributed by atoms with Gasteiger partial charge in [0.2, 0.25) is 6.41 Å². The van der Waals surface area contributed by atoms with Crippen LogP contribution in [0.3, 0.4) is 0 Å². The summed E-state index contributed by atoms with van der Waals surface area (Å²) in [5, 5.41) is 27.4. The molecule has 0 heterocycles. The molecule has 18 heavy (non-hydrogen) atoms. The fourth-order valence-corrected chi connectivity index (χ4v) is 1.35. The summed E-state index contributed by atoms with van der Waals surface area (Å²) in [5.74, 6) is 5.44. The minimum Gasteiger partial charge on any atom is -0.277 e. The molecule has 0 saturated carbocycles. The highest BCUT2D eigenvalue weighted by Gasteiger charge is 2.15. The van der Waals surface area contributed by atoms with E-state index in [1.165, 1.54) is 12.1 Å². The number of allylic oxidation sites excluding steroid dienone is 2. The van der Waals surface area contributed by atoms with Crippen molar-refractivity contribution in [2.75, 3.05) is 5.01 Å². The van der Waals surface area contributed by atoms with Crippen LogP contribution in [0.4, 0.5) is 5.69 Å². The van der Waals surface area contributed by atoms with E-state index in [-0.39, 0.29) is 22.4 Å². The van der Waals surface area contributed by atoms with Gasteiger partial charge in [0, 0.05) is 5.56 Å². The first-order chi connectivity index (χ1) is 8.69. The Bertz CT molecular complexity index is 611. The summed E-state index contributed by atoms with van der Waals surface area (Å²) in [5.41, 5.74) is 0.0527. The van der Waals surface area contributed by atoms with Gasteiger partial charge in [-0.3, -0.25) is 9.80 Å². The number of hydrazine groups is 1. The summed E-state index contributed by atoms with van der Waals surface area (Å²) < 4.78 is 0. The van der Waals surface area contributed by atoms with Crippen LogP contribution in [-0.2, 0) is 4.79 Å². The van der Waals surface area contributed by atoms with E-state index in [1.54, 1.807) is 30.3 Å². The first-order valence-electron chi connectivity index (χ1n) is 4.72. The van der Waals surface area contributed by atoms with Crippen molar-refractivity contribution in [2.45, 2.75) is 0 Å². The molecule has 0 bridgehead atoms. The third-order valence-electron chi connectivity index (χ3n) is 2.15. The number of nitrogens with two attached hydrogens (primary N) is 1. The van der Waals surface area contributed by atoms with Crippen molar-refractivity contribution in [1.82, 2.24) is 0 Å². The zero-order valence-electron chi connectivity index (χ0n) is 9.16. The SMILES string of the molecule is N#CC(C#N)=C(C#N)c1ccccc1N(N)C=O. The third-order valence-corrected chi connectivity index (χ3v) is 2.15. The van der Waals surface area contributed by atoms with Gasteiger partial charge in [-0.05, 0) is 6.07 Å². The minimum atomic E-state index is -0.329. The van der Waals surface area contributed by atoms with Crippen LogP contribution in [0.1, 0.15) is 5.56 Å². The summed E-state index contributed by atoms with van der Waals surface area (Å²) in [6.45, 7) is 0. The molecule has 0 fully saturated rings. The van der Waals surface area contributed by atoms with Gasteiger partial charge >= 0.3 is 0 Å². The van der Waals surface area contributed by atoms with Crippen molar-refractivity contribution < 1.29 is 4.79 Å². The van der Waals surface area contributed by atoms with Crippen molar-refractivity contribution in [2.24, 2.45) is 5.84 Å². The van der Waals surface area contributed by atoms with E-state index in [9.17, 15) is 4.79 Å². The lowest BCUT2D eigenvalue weighted by Gasteiger charge is -2.14. The van der Waals surface area contributed by atoms with Crippen LogP contribution in [0.15, 0.2) is 29.8 Å². The number of hydrogen-bond acceptors (Lipinski definition) is 5. The number of para-hydroxylation sites is 1. The van der Waals surface area contributed by atoms with Crippen LogP contribution >= 0.6 is 0 Å². The van der Waals surface area contributed by atoms with Crippen LogP contribution in [0.25, 0.3) is 5.57 Å². The quantitative estimate of drug-likeness (QED) is 0.275. The average Bonchev–Trinajstić information content (AvgIpc) is 2.43. The highest BCUT2D eigenvalue weighted by Crippen LogP contribution is 2.26. The lowest BCUT2D eigenvalue weighted by molar-refractivity contribution is -0.107. The van der Waals surface area contributed by atoms with Crippen molar-refractivity contribution in [3.8, 4) is 18.2 Å². The van der Waals surface area contributed by atoms with Crippen LogP contribution < -0.4 is 10.9 Å². The molecule has 2 N–H and O–H groups in total. The Kier molecular flexibility index (Phi) is 4.17. The van der Waals surface area contributed by atoms with Crippen LogP contribution in [-0.4, -0.2) is 6.41 Å². The summed E-state index contributed by atoms with van der Waals surface area (Å²) in [6.07, 6.45) is 0.367. The topological polar surface area (TPSA) is 118 Å². The normalized spacial score (nSPS) is 8.33. The molecule has 6 nitrogen and oxygen atoms in total. The Morgan fingerprint density at radius 1 is 1.17 bits per heavy atom. The molecule has 1 aromatic rings. The van der Waals surface area contributed by atoms with E-state index in [1.807, 2.05) is 0 Å². The number of nitriles is 3. The fourth-order valence-electron chi connectivity index (χ4n) is 1.35. The second-order valence-electron chi connectivity index (χ2n) is 3.12. The van der Waals surface area contributed by atoms with Gasteiger partial charge in [-0.15, -0.1) is 0 Å². The van der Waals surface area contributed by atoms with Crippen molar-refractivity contribution >= 4 is 17.7 Å². The second kappa shape index (κ2) is 5.81. The molecule has 6 heteroatoms. The third kappa shape index (κ3) is 2.33. The van der Waals surface area contributed by atoms with Gasteiger partial charge < -0.3 is 0 Å². The van der Waals surface area contributed by atoms with Gasteiger partial charge in [-0.25, -0.2) is 5.84 Å². The number of hydrogen-bond donors (Lipinski definition) is 1. The Labute approximate surface area is 103 Å². The molecule has 1 amide bonds. The summed E-state index contributed by atoms with van der Waals surface area (Å²) >= 11 is 0. The van der Waals surface area contributed by atoms with Gasteiger partial charge in [0.15, 0.2) is 0 Å². The monoisotopic (exact) mass is 237 g/mol. The van der Waals surface area contributed by atoms with Gasteiger partial charge in [0.05, 0.1) is 11.3 Å². The minimum absolute atomic E-state index is 0.118. The molecule has 86 valence electrons. The number of carbonyl (C=O) groups is 1. The van der Waals surface area contributed by atoms with E-state index in [0.717, 1.165) is 5.01 Å². The van der Waals surface area contributed by atoms with Gasteiger partial charge in [0.1, 0.15) is 23.8 Å². The maximum absolute atomic E-state index is 10.6. The molecule has 0 aromatic heterocycles. The van der Waals surface area contributed by atoms with E-state index >= 15 is 0 Å². The van der Waals surface area contributed by atoms with Crippen LogP contribution in [0.5, 0.6) is 0 Å². The van der Waals surface area contributed by atoms with Gasteiger partial charge in [-0.1, -0.05) is 18.2 Å². The van der Waals surface area contributed by atoms with Gasteiger partial charge in [-0.2, -0.15) is 15.8 Å². The predicted molar refractivity (Wildman–Crippen MR) is 62.9 cm³/mol. The fraction of sp³-hybridized carbons (Fsp3) is 0. The van der Waals surface area contributed by atoms with Gasteiger partial charge in [0.25, 0.3) is 0 Å². The largest absolute Gasteiger partial charge is 0.277 e. The first kappa shape index (κ1) is 12.9. The van der Waals surface area contributed by atoms with Crippen molar-refractivity contribution in [3.63, 3.8) is 0 Å². The predicted octanol–water partition coefficient (Wildman–Crippen LogP) is 0.847. The molecule has 0 aliphatic rings. The maximum atomic E-state index is 10.6. The summed E-state index contributed by atoms with van der Waals surface area (Å²) in [7, 11) is 0. The van der Waals surface area contributed by atoms with E-state index in [0.29, 0.717) is 6.41 Å². The first-order valence-corrected chi connectivity index (χ1v) is 4.72. The zero-order chi connectivity index (χ0) is 13.5. The number of amides is 1.